The van der Waals surface area contributed by atoms with Crippen LogP contribution in [0.25, 0.3) is 0 Å². The zero-order chi connectivity index (χ0) is 6.85. The number of aliphatic hydroxyl groups excluding tert-OH is 1. The van der Waals surface area contributed by atoms with E-state index in [0.29, 0.717) is 22.9 Å². The van der Waals surface area contributed by atoms with Crippen molar-refractivity contribution >= 4 is 15.9 Å². The summed E-state index contributed by atoms with van der Waals surface area (Å²) in [6.45, 7) is 0. The van der Waals surface area contributed by atoms with Gasteiger partial charge >= 0.3 is 0 Å². The van der Waals surface area contributed by atoms with Crippen LogP contribution in [-0.4, -0.2) is 11.2 Å². The Balaban J connectivity index is 2.83. The molecule has 0 aromatic carbocycles. The number of rotatable bonds is 0. The molecule has 0 spiro atoms. The largest absolute Gasteiger partial charge is 0.388 e. The van der Waals surface area contributed by atoms with Gasteiger partial charge in [0.2, 0.25) is 0 Å². The van der Waals surface area contributed by atoms with E-state index in [1.165, 1.54) is 0 Å². The van der Waals surface area contributed by atoms with E-state index in [0.717, 1.165) is 0 Å². The van der Waals surface area contributed by atoms with Gasteiger partial charge in [-0.25, -0.2) is 0 Å². The average molecular weight is 188 g/mol. The number of nitriles is 1. The van der Waals surface area contributed by atoms with Crippen LogP contribution < -0.4 is 0 Å². The first kappa shape index (κ1) is 6.79. The van der Waals surface area contributed by atoms with Crippen molar-refractivity contribution in [2.75, 3.05) is 0 Å². The first-order valence-corrected chi connectivity index (χ1v) is 3.51. The Morgan fingerprint density at radius 3 is 2.67 bits per heavy atom. The summed E-state index contributed by atoms with van der Waals surface area (Å²) < 4.78 is 0.671. The topological polar surface area (TPSA) is 44.0 Å². The second-order valence-corrected chi connectivity index (χ2v) is 2.85. The number of halogens is 1. The predicted molar refractivity (Wildman–Crippen MR) is 36.8 cm³/mol. The standard InChI is InChI=1S/C6H6BrNO/c7-6-4(3-8)1-2-5(6)9/h5,9H,1-2H2/t5-/m0/s1. The molecule has 0 amide bonds. The first-order chi connectivity index (χ1) is 4.25. The third-order valence-electron chi connectivity index (χ3n) is 1.38. The van der Waals surface area contributed by atoms with E-state index >= 15 is 0 Å². The van der Waals surface area contributed by atoms with Crippen LogP contribution in [0.5, 0.6) is 0 Å². The number of hydrogen-bond acceptors (Lipinski definition) is 2. The molecule has 0 bridgehead atoms. The molecule has 1 atom stereocenters. The molecule has 2 nitrogen and oxygen atoms in total. The van der Waals surface area contributed by atoms with E-state index in [4.69, 9.17) is 10.4 Å². The van der Waals surface area contributed by atoms with Crippen LogP contribution in [0.15, 0.2) is 10.1 Å². The maximum Gasteiger partial charge on any atom is 0.0956 e. The van der Waals surface area contributed by atoms with Crippen molar-refractivity contribution in [3.05, 3.63) is 10.1 Å². The molecule has 1 aliphatic carbocycles. The van der Waals surface area contributed by atoms with Crippen molar-refractivity contribution in [3.8, 4) is 6.07 Å². The molecule has 48 valence electrons. The number of aliphatic hydroxyl groups is 1. The summed E-state index contributed by atoms with van der Waals surface area (Å²) in [5.74, 6) is 0. The maximum absolute atomic E-state index is 9.04. The molecule has 0 radical (unpaired) electrons. The number of allylic oxidation sites excluding steroid dienone is 1. The second kappa shape index (κ2) is 2.51. The lowest BCUT2D eigenvalue weighted by Crippen LogP contribution is -1.98. The SMILES string of the molecule is N#CC1=C(Br)[C@@H](O)CC1. The molecule has 0 aromatic heterocycles. The molecule has 0 aliphatic heterocycles. The Hall–Kier alpha value is -0.330. The third-order valence-corrected chi connectivity index (χ3v) is 2.39. The molecule has 0 fully saturated rings. The minimum atomic E-state index is -0.431. The maximum atomic E-state index is 9.04. The molecule has 3 heteroatoms. The van der Waals surface area contributed by atoms with Crippen molar-refractivity contribution in [2.45, 2.75) is 18.9 Å². The van der Waals surface area contributed by atoms with Crippen LogP contribution >= 0.6 is 15.9 Å². The molecule has 1 N–H and O–H groups in total. The molecule has 9 heavy (non-hydrogen) atoms. The highest BCUT2D eigenvalue weighted by Gasteiger charge is 2.20. The van der Waals surface area contributed by atoms with E-state index in [2.05, 4.69) is 15.9 Å². The number of hydrogen-bond donors (Lipinski definition) is 1. The van der Waals surface area contributed by atoms with Crippen LogP contribution in [0.4, 0.5) is 0 Å². The minimum absolute atomic E-state index is 0.431. The molecule has 1 rings (SSSR count). The molecule has 0 heterocycles. The molecular formula is C6H6BrNO. The fourth-order valence-electron chi connectivity index (χ4n) is 0.838. The molecule has 0 unspecified atom stereocenters. The van der Waals surface area contributed by atoms with Crippen molar-refractivity contribution in [3.63, 3.8) is 0 Å². The summed E-state index contributed by atoms with van der Waals surface area (Å²) in [6, 6.07) is 2.02. The van der Waals surface area contributed by atoms with Gasteiger partial charge in [-0.2, -0.15) is 5.26 Å². The summed E-state index contributed by atoms with van der Waals surface area (Å²) >= 11 is 3.14. The second-order valence-electron chi connectivity index (χ2n) is 1.99. The smallest absolute Gasteiger partial charge is 0.0956 e. The Morgan fingerprint density at radius 1 is 1.78 bits per heavy atom. The minimum Gasteiger partial charge on any atom is -0.388 e. The number of nitrogens with zero attached hydrogens (tertiary/aromatic N) is 1. The zero-order valence-corrected chi connectivity index (χ0v) is 6.35. The monoisotopic (exact) mass is 187 g/mol. The average Bonchev–Trinajstić information content (AvgIpc) is 2.15. The van der Waals surface area contributed by atoms with Crippen molar-refractivity contribution in [1.29, 1.82) is 5.26 Å². The van der Waals surface area contributed by atoms with Gasteiger partial charge in [0.15, 0.2) is 0 Å². The van der Waals surface area contributed by atoms with E-state index in [9.17, 15) is 0 Å². The normalized spacial score (nSPS) is 26.6. The van der Waals surface area contributed by atoms with Crippen molar-refractivity contribution in [1.82, 2.24) is 0 Å². The van der Waals surface area contributed by atoms with Crippen molar-refractivity contribution < 1.29 is 5.11 Å². The Bertz CT molecular complexity index is 192. The highest BCUT2D eigenvalue weighted by atomic mass is 79.9. The van der Waals surface area contributed by atoms with Gasteiger partial charge in [0.05, 0.1) is 12.2 Å². The first-order valence-electron chi connectivity index (χ1n) is 2.72. The summed E-state index contributed by atoms with van der Waals surface area (Å²) in [4.78, 5) is 0. The predicted octanol–water partition coefficient (Wildman–Crippen LogP) is 1.31. The zero-order valence-electron chi connectivity index (χ0n) is 4.76. The Labute approximate surface area is 61.9 Å². The summed E-state index contributed by atoms with van der Waals surface area (Å²) in [7, 11) is 0. The third kappa shape index (κ3) is 1.15. The van der Waals surface area contributed by atoms with Crippen LogP contribution in [-0.2, 0) is 0 Å². The van der Waals surface area contributed by atoms with Gasteiger partial charge in [0, 0.05) is 10.1 Å². The lowest BCUT2D eigenvalue weighted by molar-refractivity contribution is 0.220. The lowest BCUT2D eigenvalue weighted by atomic mass is 10.3. The van der Waals surface area contributed by atoms with Gasteiger partial charge in [0.25, 0.3) is 0 Å². The molecular weight excluding hydrogens is 182 g/mol. The van der Waals surface area contributed by atoms with E-state index in [1.807, 2.05) is 6.07 Å². The molecule has 0 saturated carbocycles. The fourth-order valence-corrected chi connectivity index (χ4v) is 1.35. The molecule has 0 aromatic rings. The highest BCUT2D eigenvalue weighted by Crippen LogP contribution is 2.29. The van der Waals surface area contributed by atoms with E-state index in [-0.39, 0.29) is 0 Å². The molecule has 0 saturated heterocycles. The molecule has 1 aliphatic rings. The van der Waals surface area contributed by atoms with Crippen LogP contribution in [0.1, 0.15) is 12.8 Å². The summed E-state index contributed by atoms with van der Waals surface area (Å²) in [5.41, 5.74) is 0.683. The quantitative estimate of drug-likeness (QED) is 0.622. The fraction of sp³-hybridized carbons (Fsp3) is 0.500. The summed E-state index contributed by atoms with van der Waals surface area (Å²) in [6.07, 6.45) is 0.960. The van der Waals surface area contributed by atoms with Gasteiger partial charge in [-0.05, 0) is 12.8 Å². The lowest BCUT2D eigenvalue weighted by Gasteiger charge is -1.96. The Morgan fingerprint density at radius 2 is 2.44 bits per heavy atom. The van der Waals surface area contributed by atoms with E-state index < -0.39 is 6.10 Å². The van der Waals surface area contributed by atoms with Gasteiger partial charge in [-0.1, -0.05) is 15.9 Å². The van der Waals surface area contributed by atoms with Crippen LogP contribution in [0.3, 0.4) is 0 Å². The Kier molecular flexibility index (Phi) is 1.89. The van der Waals surface area contributed by atoms with Gasteiger partial charge in [-0.15, -0.1) is 0 Å². The van der Waals surface area contributed by atoms with Gasteiger partial charge < -0.3 is 5.11 Å². The highest BCUT2D eigenvalue weighted by molar-refractivity contribution is 9.11. The van der Waals surface area contributed by atoms with Crippen LogP contribution in [0, 0.1) is 11.3 Å². The van der Waals surface area contributed by atoms with Crippen molar-refractivity contribution in [2.24, 2.45) is 0 Å². The summed E-state index contributed by atoms with van der Waals surface area (Å²) in [5, 5.41) is 17.4. The van der Waals surface area contributed by atoms with Crippen LogP contribution in [0.2, 0.25) is 0 Å². The van der Waals surface area contributed by atoms with Gasteiger partial charge in [-0.3, -0.25) is 0 Å². The van der Waals surface area contributed by atoms with Gasteiger partial charge in [0.1, 0.15) is 0 Å². The van der Waals surface area contributed by atoms with E-state index in [1.54, 1.807) is 0 Å².